The number of hydrogen-bond acceptors (Lipinski definition) is 2. The van der Waals surface area contributed by atoms with E-state index in [4.69, 9.17) is 22.1 Å². The molecule has 2 N–H and O–H groups in total. The van der Waals surface area contributed by atoms with Gasteiger partial charge in [-0.25, -0.2) is 8.78 Å². The fourth-order valence-corrected chi connectivity index (χ4v) is 2.84. The summed E-state index contributed by atoms with van der Waals surface area (Å²) in [5, 5.41) is 0.187. The molecule has 0 aliphatic heterocycles. The van der Waals surface area contributed by atoms with E-state index in [1.165, 1.54) is 0 Å². The Labute approximate surface area is 116 Å². The van der Waals surface area contributed by atoms with Crippen molar-refractivity contribution < 1.29 is 13.5 Å². The molecule has 106 valence electrons. The van der Waals surface area contributed by atoms with Gasteiger partial charge in [-0.1, -0.05) is 11.6 Å². The van der Waals surface area contributed by atoms with E-state index in [0.717, 1.165) is 31.6 Å². The van der Waals surface area contributed by atoms with Gasteiger partial charge in [0.1, 0.15) is 0 Å². The maximum absolute atomic E-state index is 13.2. The minimum absolute atomic E-state index is 0.187. The van der Waals surface area contributed by atoms with Gasteiger partial charge in [0.15, 0.2) is 11.6 Å². The Balaban J connectivity index is 1.94. The van der Waals surface area contributed by atoms with E-state index >= 15 is 0 Å². The number of ether oxygens (including phenoxy) is 1. The number of rotatable bonds is 5. The van der Waals surface area contributed by atoms with Gasteiger partial charge in [0.2, 0.25) is 0 Å². The first-order valence-electron chi connectivity index (χ1n) is 6.52. The minimum Gasteiger partial charge on any atom is -0.378 e. The van der Waals surface area contributed by atoms with Crippen LogP contribution in [-0.4, -0.2) is 12.7 Å². The summed E-state index contributed by atoms with van der Waals surface area (Å²) in [6.45, 7) is 2.69. The summed E-state index contributed by atoms with van der Waals surface area (Å²) in [5.74, 6) is -1.38. The third-order valence-corrected chi connectivity index (χ3v) is 3.95. The Bertz CT molecular complexity index is 449. The van der Waals surface area contributed by atoms with Crippen LogP contribution in [0.3, 0.4) is 0 Å². The lowest BCUT2D eigenvalue weighted by molar-refractivity contribution is -0.0282. The molecule has 0 radical (unpaired) electrons. The standard InChI is InChI=1S/C14H18ClF2NO/c1-2-19-9-3-8(4-9)5-14(18)10-6-12(16)13(17)7-11(10)15/h6-9,14H,2-5,18H2,1H3. The molecule has 2 nitrogen and oxygen atoms in total. The number of nitrogens with two attached hydrogens (primary N) is 1. The predicted octanol–water partition coefficient (Wildman–Crippen LogP) is 3.82. The van der Waals surface area contributed by atoms with Crippen molar-refractivity contribution >= 4 is 11.6 Å². The van der Waals surface area contributed by atoms with Gasteiger partial charge in [-0.15, -0.1) is 0 Å². The lowest BCUT2D eigenvalue weighted by atomic mass is 9.77. The van der Waals surface area contributed by atoms with E-state index in [9.17, 15) is 8.78 Å². The number of hydrogen-bond donors (Lipinski definition) is 1. The topological polar surface area (TPSA) is 35.2 Å². The normalized spacial score (nSPS) is 24.1. The number of halogens is 3. The van der Waals surface area contributed by atoms with Crippen molar-refractivity contribution in [2.75, 3.05) is 6.61 Å². The number of benzene rings is 1. The van der Waals surface area contributed by atoms with Crippen molar-refractivity contribution in [1.82, 2.24) is 0 Å². The Hall–Kier alpha value is -0.710. The highest BCUT2D eigenvalue weighted by atomic mass is 35.5. The molecule has 0 spiro atoms. The van der Waals surface area contributed by atoms with Crippen LogP contribution in [0.2, 0.25) is 5.02 Å². The van der Waals surface area contributed by atoms with Crippen molar-refractivity contribution in [3.05, 3.63) is 34.4 Å². The van der Waals surface area contributed by atoms with Gasteiger partial charge in [-0.3, -0.25) is 0 Å². The summed E-state index contributed by atoms with van der Waals surface area (Å²) < 4.78 is 31.7. The fourth-order valence-electron chi connectivity index (χ4n) is 2.55. The lowest BCUT2D eigenvalue weighted by Crippen LogP contribution is -2.33. The highest BCUT2D eigenvalue weighted by molar-refractivity contribution is 6.31. The van der Waals surface area contributed by atoms with Gasteiger partial charge in [-0.05, 0) is 49.8 Å². The van der Waals surface area contributed by atoms with Gasteiger partial charge in [-0.2, -0.15) is 0 Å². The Morgan fingerprint density at radius 2 is 2.00 bits per heavy atom. The molecule has 1 fully saturated rings. The van der Waals surface area contributed by atoms with Crippen LogP contribution in [0.5, 0.6) is 0 Å². The third kappa shape index (κ3) is 3.44. The average molecular weight is 290 g/mol. The smallest absolute Gasteiger partial charge is 0.160 e. The maximum atomic E-state index is 13.2. The van der Waals surface area contributed by atoms with Crippen molar-refractivity contribution in [2.45, 2.75) is 38.3 Å². The van der Waals surface area contributed by atoms with E-state index in [-0.39, 0.29) is 11.1 Å². The molecule has 1 aromatic carbocycles. The molecule has 0 bridgehead atoms. The highest BCUT2D eigenvalue weighted by Gasteiger charge is 2.31. The first-order chi connectivity index (χ1) is 9.01. The molecule has 19 heavy (non-hydrogen) atoms. The molecule has 1 aromatic rings. The molecule has 0 heterocycles. The molecule has 1 aliphatic rings. The third-order valence-electron chi connectivity index (χ3n) is 3.62. The lowest BCUT2D eigenvalue weighted by Gasteiger charge is -2.36. The zero-order chi connectivity index (χ0) is 14.0. The molecular weight excluding hydrogens is 272 g/mol. The average Bonchev–Trinajstić information content (AvgIpc) is 2.31. The van der Waals surface area contributed by atoms with Crippen LogP contribution in [0.1, 0.15) is 37.8 Å². The van der Waals surface area contributed by atoms with Crippen molar-refractivity contribution in [3.8, 4) is 0 Å². The second kappa shape index (κ2) is 6.16. The molecule has 2 rings (SSSR count). The molecule has 1 saturated carbocycles. The highest BCUT2D eigenvalue weighted by Crippen LogP contribution is 2.37. The first kappa shape index (κ1) is 14.7. The largest absolute Gasteiger partial charge is 0.378 e. The zero-order valence-corrected chi connectivity index (χ0v) is 11.6. The maximum Gasteiger partial charge on any atom is 0.160 e. The Kier molecular flexibility index (Phi) is 4.76. The molecule has 5 heteroatoms. The van der Waals surface area contributed by atoms with Crippen LogP contribution in [0.4, 0.5) is 8.78 Å². The molecule has 0 saturated heterocycles. The second-order valence-corrected chi connectivity index (χ2v) is 5.45. The monoisotopic (exact) mass is 289 g/mol. The SMILES string of the molecule is CCOC1CC(CC(N)c2cc(F)c(F)cc2Cl)C1. The van der Waals surface area contributed by atoms with Gasteiger partial charge < -0.3 is 10.5 Å². The first-order valence-corrected chi connectivity index (χ1v) is 6.90. The van der Waals surface area contributed by atoms with Gasteiger partial charge >= 0.3 is 0 Å². The Morgan fingerprint density at radius 1 is 1.37 bits per heavy atom. The van der Waals surface area contributed by atoms with Crippen molar-refractivity contribution in [1.29, 1.82) is 0 Å². The van der Waals surface area contributed by atoms with Crippen molar-refractivity contribution in [3.63, 3.8) is 0 Å². The zero-order valence-electron chi connectivity index (χ0n) is 10.8. The van der Waals surface area contributed by atoms with E-state index in [1.807, 2.05) is 6.92 Å². The van der Waals surface area contributed by atoms with E-state index < -0.39 is 11.6 Å². The van der Waals surface area contributed by atoms with E-state index in [0.29, 0.717) is 24.0 Å². The quantitative estimate of drug-likeness (QED) is 0.836. The molecule has 1 unspecified atom stereocenters. The minimum atomic E-state index is -0.944. The van der Waals surface area contributed by atoms with Gasteiger partial charge in [0.25, 0.3) is 0 Å². The molecule has 0 aromatic heterocycles. The predicted molar refractivity (Wildman–Crippen MR) is 71.1 cm³/mol. The summed E-state index contributed by atoms with van der Waals surface area (Å²) in [7, 11) is 0. The van der Waals surface area contributed by atoms with Gasteiger partial charge in [0.05, 0.1) is 6.10 Å². The molecule has 1 aliphatic carbocycles. The van der Waals surface area contributed by atoms with Crippen LogP contribution >= 0.6 is 11.6 Å². The second-order valence-electron chi connectivity index (χ2n) is 5.04. The van der Waals surface area contributed by atoms with E-state index in [1.54, 1.807) is 0 Å². The Morgan fingerprint density at radius 3 is 2.63 bits per heavy atom. The summed E-state index contributed by atoms with van der Waals surface area (Å²) in [6.07, 6.45) is 2.99. The molecule has 1 atom stereocenters. The van der Waals surface area contributed by atoms with Crippen LogP contribution < -0.4 is 5.73 Å². The summed E-state index contributed by atoms with van der Waals surface area (Å²) in [4.78, 5) is 0. The van der Waals surface area contributed by atoms with Crippen LogP contribution in [0.15, 0.2) is 12.1 Å². The fraction of sp³-hybridized carbons (Fsp3) is 0.571. The van der Waals surface area contributed by atoms with Crippen molar-refractivity contribution in [2.24, 2.45) is 11.7 Å². The molecular formula is C14H18ClF2NO. The van der Waals surface area contributed by atoms with Gasteiger partial charge in [0, 0.05) is 17.7 Å². The summed E-state index contributed by atoms with van der Waals surface area (Å²) in [6, 6.07) is 1.71. The van der Waals surface area contributed by atoms with Crippen LogP contribution in [-0.2, 0) is 4.74 Å². The molecule has 0 amide bonds. The summed E-state index contributed by atoms with van der Waals surface area (Å²) >= 11 is 5.91. The van der Waals surface area contributed by atoms with Crippen LogP contribution in [0.25, 0.3) is 0 Å². The van der Waals surface area contributed by atoms with Crippen LogP contribution in [0, 0.1) is 17.6 Å². The van der Waals surface area contributed by atoms with E-state index in [2.05, 4.69) is 0 Å². The summed E-state index contributed by atoms with van der Waals surface area (Å²) in [5.41, 5.74) is 6.50.